The topological polar surface area (TPSA) is 30.5 Å². The summed E-state index contributed by atoms with van der Waals surface area (Å²) in [6, 6.07) is 12.2. The normalized spacial score (nSPS) is 29.2. The Hall–Kier alpha value is -1.42. The van der Waals surface area contributed by atoms with Gasteiger partial charge in [-0.25, -0.2) is 0 Å². The lowest BCUT2D eigenvalue weighted by Crippen LogP contribution is -2.54. The number of halogens is 2. The molecule has 172 valence electrons. The fourth-order valence-electron chi connectivity index (χ4n) is 6.95. The van der Waals surface area contributed by atoms with Crippen molar-refractivity contribution in [3.63, 3.8) is 0 Å². The number of hydrogen-bond donors (Lipinski definition) is 1. The maximum Gasteiger partial charge on any atom is 0.180 e. The first-order valence-corrected chi connectivity index (χ1v) is 12.7. The minimum absolute atomic E-state index is 0.411. The molecule has 0 unspecified atom stereocenters. The molecule has 4 aliphatic carbocycles. The fourth-order valence-corrected chi connectivity index (χ4v) is 7.36. The molecular formula is C27H33Cl2NO2. The van der Waals surface area contributed by atoms with E-state index in [-0.39, 0.29) is 0 Å². The second-order valence-electron chi connectivity index (χ2n) is 10.4. The van der Waals surface area contributed by atoms with Gasteiger partial charge in [0.2, 0.25) is 0 Å². The average molecular weight is 474 g/mol. The minimum atomic E-state index is 0.411. The molecule has 0 heterocycles. The van der Waals surface area contributed by atoms with E-state index < -0.39 is 0 Å². The summed E-state index contributed by atoms with van der Waals surface area (Å²) in [5.41, 5.74) is 2.65. The molecule has 5 heteroatoms. The number of rotatable bonds is 8. The standard InChI is InChI=1S/C27H33Cl2NO2/c1-17(27-12-19-7-20(13-27)9-21(8-19)14-27)30-15-22-10-24(29)26(25(11-22)31-2)32-16-18-3-5-23(28)6-4-18/h3-6,10-11,17,19-21,30H,7-9,12-16H2,1-2H3/t17-,19?,20?,21?,27?/m0/s1. The van der Waals surface area contributed by atoms with Crippen LogP contribution in [0.15, 0.2) is 36.4 Å². The predicted molar refractivity (Wildman–Crippen MR) is 131 cm³/mol. The Kier molecular flexibility index (Phi) is 6.35. The lowest BCUT2D eigenvalue weighted by molar-refractivity contribution is -0.0706. The van der Waals surface area contributed by atoms with Crippen LogP contribution in [0.3, 0.4) is 0 Å². The van der Waals surface area contributed by atoms with Gasteiger partial charge in [0.05, 0.1) is 12.1 Å². The quantitative estimate of drug-likeness (QED) is 0.436. The van der Waals surface area contributed by atoms with Crippen LogP contribution in [-0.4, -0.2) is 13.2 Å². The third kappa shape index (κ3) is 4.49. The molecule has 6 rings (SSSR count). The summed E-state index contributed by atoms with van der Waals surface area (Å²) < 4.78 is 11.6. The second kappa shape index (κ2) is 9.08. The zero-order chi connectivity index (χ0) is 22.3. The molecule has 1 N–H and O–H groups in total. The van der Waals surface area contributed by atoms with E-state index in [1.54, 1.807) is 7.11 Å². The van der Waals surface area contributed by atoms with Crippen molar-refractivity contribution in [1.82, 2.24) is 5.32 Å². The Balaban J connectivity index is 1.24. The third-order valence-corrected chi connectivity index (χ3v) is 8.73. The summed E-state index contributed by atoms with van der Waals surface area (Å²) in [5.74, 6) is 4.17. The van der Waals surface area contributed by atoms with Gasteiger partial charge < -0.3 is 14.8 Å². The Labute approximate surface area is 201 Å². The van der Waals surface area contributed by atoms with Crippen molar-refractivity contribution in [2.24, 2.45) is 23.2 Å². The molecule has 0 amide bonds. The van der Waals surface area contributed by atoms with E-state index in [4.69, 9.17) is 32.7 Å². The van der Waals surface area contributed by atoms with Crippen molar-refractivity contribution in [1.29, 1.82) is 0 Å². The van der Waals surface area contributed by atoms with Gasteiger partial charge in [-0.1, -0.05) is 35.3 Å². The van der Waals surface area contributed by atoms with E-state index in [1.165, 1.54) is 38.5 Å². The molecule has 2 aromatic rings. The molecule has 4 bridgehead atoms. The first-order chi connectivity index (χ1) is 15.4. The molecular weight excluding hydrogens is 441 g/mol. The van der Waals surface area contributed by atoms with E-state index in [9.17, 15) is 0 Å². The van der Waals surface area contributed by atoms with Crippen LogP contribution in [0.5, 0.6) is 11.5 Å². The van der Waals surface area contributed by atoms with Crippen LogP contribution in [-0.2, 0) is 13.2 Å². The van der Waals surface area contributed by atoms with Crippen LogP contribution >= 0.6 is 23.2 Å². The SMILES string of the molecule is COc1cc(CN[C@@H](C)C23CC4CC(CC(C4)C2)C3)cc(Cl)c1OCc1ccc(Cl)cc1. The van der Waals surface area contributed by atoms with E-state index >= 15 is 0 Å². The van der Waals surface area contributed by atoms with Crippen LogP contribution in [0.25, 0.3) is 0 Å². The summed E-state index contributed by atoms with van der Waals surface area (Å²) >= 11 is 12.6. The minimum Gasteiger partial charge on any atom is -0.493 e. The number of hydrogen-bond acceptors (Lipinski definition) is 3. The first kappa shape index (κ1) is 22.4. The van der Waals surface area contributed by atoms with Crippen molar-refractivity contribution < 1.29 is 9.47 Å². The molecule has 0 spiro atoms. The maximum atomic E-state index is 6.62. The van der Waals surface area contributed by atoms with Gasteiger partial charge in [-0.3, -0.25) is 0 Å². The van der Waals surface area contributed by atoms with E-state index in [0.717, 1.165) is 35.4 Å². The Bertz CT molecular complexity index is 924. The van der Waals surface area contributed by atoms with Crippen molar-refractivity contribution >= 4 is 23.2 Å². The highest BCUT2D eigenvalue weighted by molar-refractivity contribution is 6.32. The van der Waals surface area contributed by atoms with Crippen LogP contribution < -0.4 is 14.8 Å². The molecule has 4 aliphatic rings. The molecule has 4 saturated carbocycles. The Morgan fingerprint density at radius 3 is 2.19 bits per heavy atom. The summed E-state index contributed by atoms with van der Waals surface area (Å²) in [7, 11) is 1.66. The van der Waals surface area contributed by atoms with Gasteiger partial charge in [0.15, 0.2) is 11.5 Å². The largest absolute Gasteiger partial charge is 0.493 e. The smallest absolute Gasteiger partial charge is 0.180 e. The first-order valence-electron chi connectivity index (χ1n) is 11.9. The van der Waals surface area contributed by atoms with E-state index in [2.05, 4.69) is 12.2 Å². The summed E-state index contributed by atoms with van der Waals surface area (Å²) in [6.45, 7) is 3.60. The number of ether oxygens (including phenoxy) is 2. The molecule has 0 saturated heterocycles. The molecule has 3 nitrogen and oxygen atoms in total. The molecule has 1 atom stereocenters. The number of nitrogens with one attached hydrogen (secondary N) is 1. The highest BCUT2D eigenvalue weighted by Gasteiger charge is 2.52. The van der Waals surface area contributed by atoms with E-state index in [1.807, 2.05) is 36.4 Å². The highest BCUT2D eigenvalue weighted by Crippen LogP contribution is 2.61. The second-order valence-corrected chi connectivity index (χ2v) is 11.3. The van der Waals surface area contributed by atoms with Crippen molar-refractivity contribution in [2.45, 2.75) is 64.6 Å². The lowest BCUT2D eigenvalue weighted by Gasteiger charge is -2.59. The lowest BCUT2D eigenvalue weighted by atomic mass is 9.48. The van der Waals surface area contributed by atoms with Gasteiger partial charge in [0.1, 0.15) is 6.61 Å². The zero-order valence-corrected chi connectivity index (χ0v) is 20.5. The van der Waals surface area contributed by atoms with Crippen molar-refractivity contribution in [3.05, 3.63) is 57.6 Å². The van der Waals surface area contributed by atoms with Crippen molar-refractivity contribution in [3.8, 4) is 11.5 Å². The maximum absolute atomic E-state index is 6.62. The Morgan fingerprint density at radius 1 is 0.969 bits per heavy atom. The Morgan fingerprint density at radius 2 is 1.59 bits per heavy atom. The van der Waals surface area contributed by atoms with E-state index in [0.29, 0.717) is 39.6 Å². The van der Waals surface area contributed by atoms with Crippen LogP contribution in [0.2, 0.25) is 10.0 Å². The summed E-state index contributed by atoms with van der Waals surface area (Å²) in [6.07, 6.45) is 8.68. The number of methoxy groups -OCH3 is 1. The third-order valence-electron chi connectivity index (χ3n) is 8.20. The average Bonchev–Trinajstić information content (AvgIpc) is 2.76. The van der Waals surface area contributed by atoms with Gasteiger partial charge in [-0.05, 0) is 104 Å². The molecule has 32 heavy (non-hydrogen) atoms. The summed E-state index contributed by atoms with van der Waals surface area (Å²) in [4.78, 5) is 0. The molecule has 0 aliphatic heterocycles. The van der Waals surface area contributed by atoms with Gasteiger partial charge in [-0.15, -0.1) is 0 Å². The molecule has 0 aromatic heterocycles. The number of benzene rings is 2. The molecule has 2 aromatic carbocycles. The van der Waals surface area contributed by atoms with Crippen LogP contribution in [0, 0.1) is 23.2 Å². The van der Waals surface area contributed by atoms with Gasteiger partial charge in [-0.2, -0.15) is 0 Å². The monoisotopic (exact) mass is 473 g/mol. The predicted octanol–water partition coefficient (Wildman–Crippen LogP) is 7.28. The van der Waals surface area contributed by atoms with Crippen molar-refractivity contribution in [2.75, 3.05) is 7.11 Å². The van der Waals surface area contributed by atoms with Gasteiger partial charge in [0.25, 0.3) is 0 Å². The molecule has 0 radical (unpaired) electrons. The highest BCUT2D eigenvalue weighted by atomic mass is 35.5. The van der Waals surface area contributed by atoms with Gasteiger partial charge in [0, 0.05) is 17.6 Å². The van der Waals surface area contributed by atoms with Crippen LogP contribution in [0.1, 0.15) is 56.6 Å². The fraction of sp³-hybridized carbons (Fsp3) is 0.556. The van der Waals surface area contributed by atoms with Gasteiger partial charge >= 0.3 is 0 Å². The molecule has 4 fully saturated rings. The zero-order valence-electron chi connectivity index (χ0n) is 19.0. The van der Waals surface area contributed by atoms with Crippen LogP contribution in [0.4, 0.5) is 0 Å². The summed E-state index contributed by atoms with van der Waals surface area (Å²) in [5, 5.41) is 5.14.